The van der Waals surface area contributed by atoms with Gasteiger partial charge in [-0.05, 0) is 42.7 Å². The van der Waals surface area contributed by atoms with Crippen LogP contribution in [-0.2, 0) is 4.79 Å². The van der Waals surface area contributed by atoms with Crippen molar-refractivity contribution in [2.24, 2.45) is 0 Å². The Hall–Kier alpha value is -1.49. The van der Waals surface area contributed by atoms with Crippen molar-refractivity contribution in [2.75, 3.05) is 17.3 Å². The van der Waals surface area contributed by atoms with E-state index in [1.807, 2.05) is 6.26 Å². The van der Waals surface area contributed by atoms with Crippen molar-refractivity contribution in [3.8, 4) is 0 Å². The van der Waals surface area contributed by atoms with Crippen LogP contribution in [0.3, 0.4) is 0 Å². The molecule has 0 fully saturated rings. The summed E-state index contributed by atoms with van der Waals surface area (Å²) in [7, 11) is 0. The number of nitrogens with one attached hydrogen (secondary N) is 1. The maximum atomic E-state index is 11.5. The van der Waals surface area contributed by atoms with E-state index in [9.17, 15) is 9.59 Å². The van der Waals surface area contributed by atoms with Crippen LogP contribution >= 0.6 is 11.8 Å². The summed E-state index contributed by atoms with van der Waals surface area (Å²) in [6.45, 7) is 0. The van der Waals surface area contributed by atoms with Crippen molar-refractivity contribution in [2.45, 2.75) is 12.8 Å². The molecule has 0 heterocycles. The van der Waals surface area contributed by atoms with Crippen molar-refractivity contribution in [1.29, 1.82) is 0 Å². The minimum absolute atomic E-state index is 0.0397. The Morgan fingerprint density at radius 1 is 1.29 bits per heavy atom. The molecule has 0 aliphatic rings. The lowest BCUT2D eigenvalue weighted by molar-refractivity contribution is -0.116. The molecular formula is C12H15NO3S. The fourth-order valence-corrected chi connectivity index (χ4v) is 1.73. The van der Waals surface area contributed by atoms with Crippen molar-refractivity contribution < 1.29 is 14.7 Å². The molecule has 5 heteroatoms. The molecule has 0 saturated carbocycles. The van der Waals surface area contributed by atoms with E-state index in [1.165, 1.54) is 12.1 Å². The van der Waals surface area contributed by atoms with E-state index in [-0.39, 0.29) is 11.5 Å². The number of carbonyl (C=O) groups is 2. The number of carbonyl (C=O) groups excluding carboxylic acids is 1. The van der Waals surface area contributed by atoms with E-state index in [1.54, 1.807) is 23.9 Å². The van der Waals surface area contributed by atoms with Crippen molar-refractivity contribution >= 4 is 29.3 Å². The highest BCUT2D eigenvalue weighted by Crippen LogP contribution is 2.10. The average molecular weight is 253 g/mol. The number of thioether (sulfide) groups is 1. The number of carboxylic acid groups (broad SMARTS) is 1. The molecule has 0 saturated heterocycles. The van der Waals surface area contributed by atoms with E-state index >= 15 is 0 Å². The second kappa shape index (κ2) is 6.96. The van der Waals surface area contributed by atoms with Gasteiger partial charge < -0.3 is 10.4 Å². The lowest BCUT2D eigenvalue weighted by atomic mass is 10.2. The van der Waals surface area contributed by atoms with Gasteiger partial charge in [-0.2, -0.15) is 11.8 Å². The molecular weight excluding hydrogens is 238 g/mol. The second-order valence-corrected chi connectivity index (χ2v) is 4.51. The summed E-state index contributed by atoms with van der Waals surface area (Å²) in [6.07, 6.45) is 3.34. The van der Waals surface area contributed by atoms with E-state index in [0.717, 1.165) is 12.2 Å². The summed E-state index contributed by atoms with van der Waals surface area (Å²) in [5.41, 5.74) is 0.842. The minimum Gasteiger partial charge on any atom is -0.478 e. The SMILES string of the molecule is CSCCCC(=O)Nc1ccc(C(=O)O)cc1. The van der Waals surface area contributed by atoms with Gasteiger partial charge in [-0.1, -0.05) is 0 Å². The third kappa shape index (κ3) is 4.91. The fourth-order valence-electron chi connectivity index (χ4n) is 1.30. The maximum absolute atomic E-state index is 11.5. The summed E-state index contributed by atoms with van der Waals surface area (Å²) < 4.78 is 0. The molecule has 1 aromatic rings. The van der Waals surface area contributed by atoms with Crippen LogP contribution in [0.25, 0.3) is 0 Å². The highest BCUT2D eigenvalue weighted by atomic mass is 32.2. The van der Waals surface area contributed by atoms with Gasteiger partial charge in [0.25, 0.3) is 0 Å². The zero-order valence-corrected chi connectivity index (χ0v) is 10.4. The van der Waals surface area contributed by atoms with E-state index < -0.39 is 5.97 Å². The molecule has 4 nitrogen and oxygen atoms in total. The largest absolute Gasteiger partial charge is 0.478 e. The van der Waals surface area contributed by atoms with Crippen molar-refractivity contribution in [3.05, 3.63) is 29.8 Å². The molecule has 17 heavy (non-hydrogen) atoms. The van der Waals surface area contributed by atoms with Crippen molar-refractivity contribution in [3.63, 3.8) is 0 Å². The van der Waals surface area contributed by atoms with Crippen LogP contribution in [0.5, 0.6) is 0 Å². The monoisotopic (exact) mass is 253 g/mol. The molecule has 0 unspecified atom stereocenters. The summed E-state index contributed by atoms with van der Waals surface area (Å²) in [6, 6.07) is 6.13. The summed E-state index contributed by atoms with van der Waals surface area (Å²) >= 11 is 1.71. The third-order valence-electron chi connectivity index (χ3n) is 2.17. The minimum atomic E-state index is -0.970. The smallest absolute Gasteiger partial charge is 0.335 e. The molecule has 1 aromatic carbocycles. The van der Waals surface area contributed by atoms with Gasteiger partial charge in [-0.3, -0.25) is 4.79 Å². The lowest BCUT2D eigenvalue weighted by Crippen LogP contribution is -2.11. The van der Waals surface area contributed by atoms with E-state index in [4.69, 9.17) is 5.11 Å². The first-order valence-corrected chi connectivity index (χ1v) is 6.65. The number of aromatic carboxylic acids is 1. The lowest BCUT2D eigenvalue weighted by Gasteiger charge is -2.05. The summed E-state index contributed by atoms with van der Waals surface area (Å²) in [5, 5.41) is 11.4. The molecule has 1 rings (SSSR count). The first kappa shape index (κ1) is 13.6. The predicted octanol–water partition coefficient (Wildman–Crippen LogP) is 2.47. The third-order valence-corrected chi connectivity index (χ3v) is 2.86. The van der Waals surface area contributed by atoms with Gasteiger partial charge in [0.05, 0.1) is 5.56 Å². The van der Waals surface area contributed by atoms with Gasteiger partial charge in [0.1, 0.15) is 0 Å². The fraction of sp³-hybridized carbons (Fsp3) is 0.333. The quantitative estimate of drug-likeness (QED) is 0.764. The molecule has 0 aliphatic carbocycles. The number of hydrogen-bond acceptors (Lipinski definition) is 3. The average Bonchev–Trinajstić information content (AvgIpc) is 2.30. The second-order valence-electron chi connectivity index (χ2n) is 3.53. The Morgan fingerprint density at radius 2 is 1.94 bits per heavy atom. The molecule has 2 N–H and O–H groups in total. The molecule has 92 valence electrons. The Labute approximate surface area is 104 Å². The molecule has 0 radical (unpaired) electrons. The zero-order chi connectivity index (χ0) is 12.7. The number of rotatable bonds is 6. The molecule has 0 spiro atoms. The van der Waals surface area contributed by atoms with Gasteiger partial charge in [0.15, 0.2) is 0 Å². The highest BCUT2D eigenvalue weighted by molar-refractivity contribution is 7.98. The van der Waals surface area contributed by atoms with Crippen LogP contribution < -0.4 is 5.32 Å². The molecule has 0 atom stereocenters. The maximum Gasteiger partial charge on any atom is 0.335 e. The van der Waals surface area contributed by atoms with Gasteiger partial charge >= 0.3 is 5.97 Å². The number of benzene rings is 1. The van der Waals surface area contributed by atoms with Gasteiger partial charge in [0, 0.05) is 12.1 Å². The van der Waals surface area contributed by atoms with Gasteiger partial charge in [-0.25, -0.2) is 4.79 Å². The number of carboxylic acids is 1. The predicted molar refractivity (Wildman–Crippen MR) is 69.6 cm³/mol. The Balaban J connectivity index is 2.46. The Morgan fingerprint density at radius 3 is 2.47 bits per heavy atom. The Bertz CT molecular complexity index is 389. The topological polar surface area (TPSA) is 66.4 Å². The van der Waals surface area contributed by atoms with Crippen LogP contribution in [0.4, 0.5) is 5.69 Å². The van der Waals surface area contributed by atoms with Gasteiger partial charge in [-0.15, -0.1) is 0 Å². The highest BCUT2D eigenvalue weighted by Gasteiger charge is 2.04. The van der Waals surface area contributed by atoms with E-state index in [2.05, 4.69) is 5.32 Å². The summed E-state index contributed by atoms with van der Waals surface area (Å²) in [4.78, 5) is 22.1. The molecule has 0 aliphatic heterocycles. The zero-order valence-electron chi connectivity index (χ0n) is 9.60. The van der Waals surface area contributed by atoms with Crippen LogP contribution in [0.1, 0.15) is 23.2 Å². The Kier molecular flexibility index (Phi) is 5.56. The molecule has 0 aromatic heterocycles. The number of amides is 1. The first-order chi connectivity index (χ1) is 8.13. The standard InChI is InChI=1S/C12H15NO3S/c1-17-8-2-3-11(14)13-10-6-4-9(5-7-10)12(15)16/h4-7H,2-3,8H2,1H3,(H,13,14)(H,15,16). The number of anilines is 1. The van der Waals surface area contributed by atoms with E-state index in [0.29, 0.717) is 12.1 Å². The molecule has 1 amide bonds. The van der Waals surface area contributed by atoms with Crippen LogP contribution in [0.15, 0.2) is 24.3 Å². The molecule has 0 bridgehead atoms. The van der Waals surface area contributed by atoms with Crippen LogP contribution in [-0.4, -0.2) is 29.0 Å². The van der Waals surface area contributed by atoms with Crippen molar-refractivity contribution in [1.82, 2.24) is 0 Å². The first-order valence-electron chi connectivity index (χ1n) is 5.25. The normalized spacial score (nSPS) is 9.94. The number of hydrogen-bond donors (Lipinski definition) is 2. The summed E-state index contributed by atoms with van der Waals surface area (Å²) in [5.74, 6) is -0.0456. The van der Waals surface area contributed by atoms with Gasteiger partial charge in [0.2, 0.25) is 5.91 Å². The van der Waals surface area contributed by atoms with Crippen LogP contribution in [0, 0.1) is 0 Å². The van der Waals surface area contributed by atoms with Crippen LogP contribution in [0.2, 0.25) is 0 Å².